The topological polar surface area (TPSA) is 49.4 Å². The Bertz CT molecular complexity index is 266. The fourth-order valence-corrected chi connectivity index (χ4v) is 2.26. The van der Waals surface area contributed by atoms with Crippen LogP contribution in [0.4, 0.5) is 0 Å². The highest BCUT2D eigenvalue weighted by Crippen LogP contribution is 2.22. The molecule has 4 nitrogen and oxygen atoms in total. The average molecular weight is 226 g/mol. The molecule has 1 fully saturated rings. The lowest BCUT2D eigenvalue weighted by Crippen LogP contribution is -2.53. The van der Waals surface area contributed by atoms with Crippen LogP contribution in [0.3, 0.4) is 0 Å². The fraction of sp³-hybridized carbons (Fsp3) is 0.833. The first-order valence-electron chi connectivity index (χ1n) is 6.06. The highest BCUT2D eigenvalue weighted by Gasteiger charge is 2.32. The molecule has 1 rings (SSSR count). The second-order valence-electron chi connectivity index (χ2n) is 4.97. The number of hydrogen-bond acceptors (Lipinski definition) is 2. The van der Waals surface area contributed by atoms with Crippen molar-refractivity contribution in [3.63, 3.8) is 0 Å². The third-order valence-corrected chi connectivity index (χ3v) is 3.04. The molecule has 0 saturated carbocycles. The van der Waals surface area contributed by atoms with Crippen LogP contribution in [0.5, 0.6) is 0 Å². The van der Waals surface area contributed by atoms with E-state index >= 15 is 0 Å². The minimum Gasteiger partial charge on any atom is -0.346 e. The second kappa shape index (κ2) is 5.32. The predicted molar refractivity (Wildman–Crippen MR) is 62.9 cm³/mol. The van der Waals surface area contributed by atoms with E-state index in [1.807, 2.05) is 27.7 Å². The van der Waals surface area contributed by atoms with E-state index in [-0.39, 0.29) is 24.0 Å². The van der Waals surface area contributed by atoms with E-state index in [0.29, 0.717) is 0 Å². The number of piperidine rings is 1. The summed E-state index contributed by atoms with van der Waals surface area (Å²) in [4.78, 5) is 25.3. The molecule has 0 aliphatic carbocycles. The Hall–Kier alpha value is -1.06. The summed E-state index contributed by atoms with van der Waals surface area (Å²) in [5.41, 5.74) is 0. The van der Waals surface area contributed by atoms with Crippen LogP contribution < -0.4 is 5.32 Å². The van der Waals surface area contributed by atoms with Crippen LogP contribution in [-0.2, 0) is 9.59 Å². The number of nitrogens with zero attached hydrogens (tertiary/aromatic N) is 1. The van der Waals surface area contributed by atoms with E-state index in [1.54, 1.807) is 4.90 Å². The maximum absolute atomic E-state index is 12.0. The van der Waals surface area contributed by atoms with Crippen LogP contribution in [0.2, 0.25) is 0 Å². The zero-order chi connectivity index (χ0) is 12.3. The molecular formula is C12H22N2O2. The number of amides is 2. The molecule has 4 heteroatoms. The van der Waals surface area contributed by atoms with Gasteiger partial charge in [-0.3, -0.25) is 9.59 Å². The van der Waals surface area contributed by atoms with Crippen molar-refractivity contribution < 1.29 is 9.59 Å². The number of likely N-dealkylation sites (tertiary alicyclic amines) is 1. The minimum absolute atomic E-state index is 0.00635. The first kappa shape index (κ1) is 13.0. The molecular weight excluding hydrogens is 204 g/mol. The van der Waals surface area contributed by atoms with Crippen LogP contribution in [-0.4, -0.2) is 34.8 Å². The van der Waals surface area contributed by atoms with E-state index in [9.17, 15) is 9.59 Å². The van der Waals surface area contributed by atoms with Gasteiger partial charge in [-0.15, -0.1) is 0 Å². The van der Waals surface area contributed by atoms with Gasteiger partial charge in [0.05, 0.1) is 0 Å². The van der Waals surface area contributed by atoms with Crippen molar-refractivity contribution in [2.45, 2.75) is 65.1 Å². The molecule has 2 amide bonds. The Kier molecular flexibility index (Phi) is 4.33. The van der Waals surface area contributed by atoms with Crippen molar-refractivity contribution in [2.24, 2.45) is 0 Å². The molecule has 1 N–H and O–H groups in total. The van der Waals surface area contributed by atoms with Gasteiger partial charge in [-0.05, 0) is 47.0 Å². The van der Waals surface area contributed by atoms with Gasteiger partial charge in [0.15, 0.2) is 0 Å². The largest absolute Gasteiger partial charge is 0.346 e. The molecule has 0 aromatic carbocycles. The first-order valence-corrected chi connectivity index (χ1v) is 6.06. The zero-order valence-corrected chi connectivity index (χ0v) is 10.6. The standard InChI is InChI=1S/C12H22N2O2/c1-8(2)13-11(15)12(16)14-9(3)6-5-7-10(14)4/h8-10H,5-7H2,1-4H3,(H,13,15). The summed E-state index contributed by atoms with van der Waals surface area (Å²) in [6, 6.07) is 0.357. The smallest absolute Gasteiger partial charge is 0.312 e. The SMILES string of the molecule is CC(C)NC(=O)C(=O)N1C(C)CCCC1C. The Morgan fingerprint density at radius 1 is 1.19 bits per heavy atom. The predicted octanol–water partition coefficient (Wildman–Crippen LogP) is 1.30. The molecule has 92 valence electrons. The highest BCUT2D eigenvalue weighted by atomic mass is 16.2. The summed E-state index contributed by atoms with van der Waals surface area (Å²) in [5, 5.41) is 2.65. The summed E-state index contributed by atoms with van der Waals surface area (Å²) < 4.78 is 0. The molecule has 1 heterocycles. The van der Waals surface area contributed by atoms with Gasteiger partial charge in [0, 0.05) is 18.1 Å². The lowest BCUT2D eigenvalue weighted by Gasteiger charge is -2.38. The van der Waals surface area contributed by atoms with Crippen LogP contribution >= 0.6 is 0 Å². The Morgan fingerprint density at radius 3 is 2.12 bits per heavy atom. The summed E-state index contributed by atoms with van der Waals surface area (Å²) in [7, 11) is 0. The Labute approximate surface area is 97.4 Å². The van der Waals surface area contributed by atoms with Gasteiger partial charge in [-0.25, -0.2) is 0 Å². The van der Waals surface area contributed by atoms with Crippen LogP contribution in [0.1, 0.15) is 47.0 Å². The summed E-state index contributed by atoms with van der Waals surface area (Å²) in [6.07, 6.45) is 3.12. The van der Waals surface area contributed by atoms with E-state index in [2.05, 4.69) is 5.32 Å². The number of carbonyl (C=O) groups is 2. The minimum atomic E-state index is -0.476. The van der Waals surface area contributed by atoms with Gasteiger partial charge in [-0.2, -0.15) is 0 Å². The molecule has 0 aromatic rings. The quantitative estimate of drug-likeness (QED) is 0.685. The maximum atomic E-state index is 12.0. The fourth-order valence-electron chi connectivity index (χ4n) is 2.26. The molecule has 2 atom stereocenters. The van der Waals surface area contributed by atoms with E-state index in [1.165, 1.54) is 0 Å². The molecule has 1 aliphatic heterocycles. The molecule has 0 bridgehead atoms. The average Bonchev–Trinajstić information content (AvgIpc) is 2.16. The van der Waals surface area contributed by atoms with Crippen molar-refractivity contribution in [3.8, 4) is 0 Å². The summed E-state index contributed by atoms with van der Waals surface area (Å²) >= 11 is 0. The maximum Gasteiger partial charge on any atom is 0.312 e. The molecule has 0 aromatic heterocycles. The first-order chi connectivity index (χ1) is 7.43. The van der Waals surface area contributed by atoms with E-state index in [0.717, 1.165) is 19.3 Å². The Morgan fingerprint density at radius 2 is 1.69 bits per heavy atom. The molecule has 1 aliphatic rings. The monoisotopic (exact) mass is 226 g/mol. The molecule has 16 heavy (non-hydrogen) atoms. The van der Waals surface area contributed by atoms with Gasteiger partial charge >= 0.3 is 11.8 Å². The van der Waals surface area contributed by atoms with E-state index in [4.69, 9.17) is 0 Å². The van der Waals surface area contributed by atoms with Crippen LogP contribution in [0, 0.1) is 0 Å². The number of carbonyl (C=O) groups excluding carboxylic acids is 2. The molecule has 0 spiro atoms. The second-order valence-corrected chi connectivity index (χ2v) is 4.97. The molecule has 2 unspecified atom stereocenters. The third-order valence-electron chi connectivity index (χ3n) is 3.04. The summed E-state index contributed by atoms with van der Waals surface area (Å²) in [5.74, 6) is -0.857. The third kappa shape index (κ3) is 2.97. The Balaban J connectivity index is 2.67. The zero-order valence-electron chi connectivity index (χ0n) is 10.6. The summed E-state index contributed by atoms with van der Waals surface area (Å²) in [6.45, 7) is 7.73. The van der Waals surface area contributed by atoms with Crippen molar-refractivity contribution in [1.29, 1.82) is 0 Å². The van der Waals surface area contributed by atoms with Crippen LogP contribution in [0.15, 0.2) is 0 Å². The van der Waals surface area contributed by atoms with Crippen molar-refractivity contribution in [3.05, 3.63) is 0 Å². The van der Waals surface area contributed by atoms with Crippen molar-refractivity contribution in [1.82, 2.24) is 10.2 Å². The van der Waals surface area contributed by atoms with Gasteiger partial charge in [0.2, 0.25) is 0 Å². The van der Waals surface area contributed by atoms with Gasteiger partial charge in [0.25, 0.3) is 0 Å². The van der Waals surface area contributed by atoms with E-state index < -0.39 is 5.91 Å². The lowest BCUT2D eigenvalue weighted by molar-refractivity contribution is -0.150. The van der Waals surface area contributed by atoms with Crippen LogP contribution in [0.25, 0.3) is 0 Å². The van der Waals surface area contributed by atoms with Crippen molar-refractivity contribution in [2.75, 3.05) is 0 Å². The van der Waals surface area contributed by atoms with Gasteiger partial charge in [-0.1, -0.05) is 0 Å². The number of rotatable bonds is 1. The normalized spacial score (nSPS) is 25.7. The van der Waals surface area contributed by atoms with Crippen molar-refractivity contribution >= 4 is 11.8 Å². The number of nitrogens with one attached hydrogen (secondary N) is 1. The number of hydrogen-bond donors (Lipinski definition) is 1. The lowest BCUT2D eigenvalue weighted by atomic mass is 9.97. The van der Waals surface area contributed by atoms with Gasteiger partial charge in [0.1, 0.15) is 0 Å². The highest BCUT2D eigenvalue weighted by molar-refractivity contribution is 6.35. The molecule has 0 radical (unpaired) electrons. The van der Waals surface area contributed by atoms with Gasteiger partial charge < -0.3 is 10.2 Å². The molecule has 1 saturated heterocycles.